The molecular formula is C14H17N3O2S. The van der Waals surface area contributed by atoms with Gasteiger partial charge in [0.15, 0.2) is 0 Å². The molecule has 1 heterocycles. The molecule has 1 atom stereocenters. The minimum absolute atomic E-state index is 0.0275. The molecule has 106 valence electrons. The summed E-state index contributed by atoms with van der Waals surface area (Å²) in [6.45, 7) is 4.32. The SMILES string of the molecule is CCNC(=O)[C@@H](C)Sc1nnc(Cc2ccccc2)o1. The molecule has 0 aliphatic rings. The van der Waals surface area contributed by atoms with E-state index in [0.717, 1.165) is 5.56 Å². The highest BCUT2D eigenvalue weighted by molar-refractivity contribution is 8.00. The van der Waals surface area contributed by atoms with Gasteiger partial charge in [-0.15, -0.1) is 10.2 Å². The number of nitrogens with one attached hydrogen (secondary N) is 1. The molecule has 0 saturated carbocycles. The summed E-state index contributed by atoms with van der Waals surface area (Å²) in [7, 11) is 0. The van der Waals surface area contributed by atoms with Crippen molar-refractivity contribution in [3.63, 3.8) is 0 Å². The molecule has 1 amide bonds. The van der Waals surface area contributed by atoms with Crippen LogP contribution >= 0.6 is 11.8 Å². The Kier molecular flexibility index (Phi) is 5.17. The molecule has 1 N–H and O–H groups in total. The molecule has 0 bridgehead atoms. The van der Waals surface area contributed by atoms with Gasteiger partial charge >= 0.3 is 0 Å². The summed E-state index contributed by atoms with van der Waals surface area (Å²) < 4.78 is 5.55. The predicted octanol–water partition coefficient (Wildman–Crippen LogP) is 2.28. The predicted molar refractivity (Wildman–Crippen MR) is 77.5 cm³/mol. The first-order chi connectivity index (χ1) is 9.69. The zero-order valence-electron chi connectivity index (χ0n) is 11.5. The summed E-state index contributed by atoms with van der Waals surface area (Å²) in [4.78, 5) is 11.6. The molecule has 2 aromatic rings. The highest BCUT2D eigenvalue weighted by atomic mass is 32.2. The zero-order chi connectivity index (χ0) is 14.4. The van der Waals surface area contributed by atoms with Gasteiger partial charge in [-0.05, 0) is 19.4 Å². The Hall–Kier alpha value is -1.82. The Morgan fingerprint density at radius 2 is 2.10 bits per heavy atom. The van der Waals surface area contributed by atoms with Gasteiger partial charge in [-0.3, -0.25) is 4.79 Å². The summed E-state index contributed by atoms with van der Waals surface area (Å²) >= 11 is 1.27. The summed E-state index contributed by atoms with van der Waals surface area (Å²) in [5.41, 5.74) is 1.12. The van der Waals surface area contributed by atoms with Crippen LogP contribution in [-0.2, 0) is 11.2 Å². The molecule has 1 aromatic carbocycles. The Morgan fingerprint density at radius 1 is 1.35 bits per heavy atom. The highest BCUT2D eigenvalue weighted by Crippen LogP contribution is 2.22. The standard InChI is InChI=1S/C14H17N3O2S/c1-3-15-13(18)10(2)20-14-17-16-12(19-14)9-11-7-5-4-6-8-11/h4-8,10H,3,9H2,1-2H3,(H,15,18)/t10-/m1/s1. The third-order valence-electron chi connectivity index (χ3n) is 2.64. The van der Waals surface area contributed by atoms with E-state index in [1.165, 1.54) is 11.8 Å². The van der Waals surface area contributed by atoms with Gasteiger partial charge in [-0.25, -0.2) is 0 Å². The first kappa shape index (κ1) is 14.6. The Morgan fingerprint density at radius 3 is 2.80 bits per heavy atom. The van der Waals surface area contributed by atoms with E-state index in [1.807, 2.05) is 44.2 Å². The number of carbonyl (C=O) groups is 1. The lowest BCUT2D eigenvalue weighted by Crippen LogP contribution is -2.30. The maximum absolute atomic E-state index is 11.6. The zero-order valence-corrected chi connectivity index (χ0v) is 12.3. The van der Waals surface area contributed by atoms with Crippen molar-refractivity contribution in [1.29, 1.82) is 0 Å². The number of benzene rings is 1. The molecule has 2 rings (SSSR count). The van der Waals surface area contributed by atoms with Gasteiger partial charge in [0.25, 0.3) is 5.22 Å². The summed E-state index contributed by atoms with van der Waals surface area (Å²) in [5.74, 6) is 0.530. The van der Waals surface area contributed by atoms with E-state index < -0.39 is 0 Å². The van der Waals surface area contributed by atoms with E-state index in [9.17, 15) is 4.79 Å². The quantitative estimate of drug-likeness (QED) is 0.827. The number of amides is 1. The van der Waals surface area contributed by atoms with Gasteiger partial charge in [0.1, 0.15) is 0 Å². The van der Waals surface area contributed by atoms with Crippen molar-refractivity contribution >= 4 is 17.7 Å². The minimum Gasteiger partial charge on any atom is -0.416 e. The van der Waals surface area contributed by atoms with Crippen molar-refractivity contribution in [3.8, 4) is 0 Å². The van der Waals surface area contributed by atoms with Crippen molar-refractivity contribution in [2.24, 2.45) is 0 Å². The van der Waals surface area contributed by atoms with Gasteiger partial charge < -0.3 is 9.73 Å². The second kappa shape index (κ2) is 7.09. The fraction of sp³-hybridized carbons (Fsp3) is 0.357. The van der Waals surface area contributed by atoms with Crippen LogP contribution in [0.15, 0.2) is 40.0 Å². The largest absolute Gasteiger partial charge is 0.416 e. The first-order valence-corrected chi connectivity index (χ1v) is 7.37. The fourth-order valence-electron chi connectivity index (χ4n) is 1.65. The molecule has 0 aliphatic carbocycles. The lowest BCUT2D eigenvalue weighted by Gasteiger charge is -2.07. The van der Waals surface area contributed by atoms with E-state index in [2.05, 4.69) is 15.5 Å². The van der Waals surface area contributed by atoms with Crippen molar-refractivity contribution in [1.82, 2.24) is 15.5 Å². The smallest absolute Gasteiger partial charge is 0.277 e. The van der Waals surface area contributed by atoms with Gasteiger partial charge in [0.2, 0.25) is 11.8 Å². The van der Waals surface area contributed by atoms with Gasteiger partial charge in [0.05, 0.1) is 11.7 Å². The topological polar surface area (TPSA) is 68.0 Å². The van der Waals surface area contributed by atoms with Gasteiger partial charge in [-0.2, -0.15) is 0 Å². The first-order valence-electron chi connectivity index (χ1n) is 6.49. The normalized spacial score (nSPS) is 12.1. The van der Waals surface area contributed by atoms with E-state index in [4.69, 9.17) is 4.42 Å². The lowest BCUT2D eigenvalue weighted by molar-refractivity contribution is -0.120. The second-order valence-corrected chi connectivity index (χ2v) is 5.57. The number of carbonyl (C=O) groups excluding carboxylic acids is 1. The van der Waals surface area contributed by atoms with Gasteiger partial charge in [0, 0.05) is 6.54 Å². The third kappa shape index (κ3) is 4.09. The van der Waals surface area contributed by atoms with Crippen LogP contribution in [0, 0.1) is 0 Å². The minimum atomic E-state index is -0.250. The Labute approximate surface area is 122 Å². The Bertz CT molecular complexity index is 557. The fourth-order valence-corrected chi connectivity index (χ4v) is 2.38. The van der Waals surface area contributed by atoms with Crippen LogP contribution in [0.1, 0.15) is 25.3 Å². The molecule has 0 unspecified atom stereocenters. The number of hydrogen-bond donors (Lipinski definition) is 1. The molecule has 0 spiro atoms. The molecular weight excluding hydrogens is 274 g/mol. The average molecular weight is 291 g/mol. The van der Waals surface area contributed by atoms with Crippen LogP contribution in [0.3, 0.4) is 0 Å². The number of hydrogen-bond acceptors (Lipinski definition) is 5. The second-order valence-electron chi connectivity index (χ2n) is 4.28. The molecule has 0 saturated heterocycles. The van der Waals surface area contributed by atoms with Crippen LogP contribution in [0.5, 0.6) is 0 Å². The molecule has 20 heavy (non-hydrogen) atoms. The molecule has 0 fully saturated rings. The van der Waals surface area contributed by atoms with E-state index in [0.29, 0.717) is 24.1 Å². The molecule has 5 nitrogen and oxygen atoms in total. The number of aromatic nitrogens is 2. The average Bonchev–Trinajstić information content (AvgIpc) is 2.87. The monoisotopic (exact) mass is 291 g/mol. The van der Waals surface area contributed by atoms with Crippen LogP contribution in [0.25, 0.3) is 0 Å². The van der Waals surface area contributed by atoms with Crippen LogP contribution in [0.4, 0.5) is 0 Å². The van der Waals surface area contributed by atoms with Crippen molar-refractivity contribution < 1.29 is 9.21 Å². The van der Waals surface area contributed by atoms with Crippen molar-refractivity contribution in [3.05, 3.63) is 41.8 Å². The third-order valence-corrected chi connectivity index (χ3v) is 3.58. The van der Waals surface area contributed by atoms with Crippen molar-refractivity contribution in [2.75, 3.05) is 6.54 Å². The lowest BCUT2D eigenvalue weighted by atomic mass is 10.2. The summed E-state index contributed by atoms with van der Waals surface area (Å²) in [6.07, 6.45) is 0.601. The highest BCUT2D eigenvalue weighted by Gasteiger charge is 2.17. The van der Waals surface area contributed by atoms with Crippen molar-refractivity contribution in [2.45, 2.75) is 30.7 Å². The summed E-state index contributed by atoms with van der Waals surface area (Å²) in [5, 5.41) is 10.9. The maximum Gasteiger partial charge on any atom is 0.277 e. The van der Waals surface area contributed by atoms with E-state index in [-0.39, 0.29) is 11.2 Å². The van der Waals surface area contributed by atoms with Crippen LogP contribution < -0.4 is 5.32 Å². The number of nitrogens with zero attached hydrogens (tertiary/aromatic N) is 2. The maximum atomic E-state index is 11.6. The molecule has 1 aromatic heterocycles. The number of rotatable bonds is 6. The molecule has 6 heteroatoms. The van der Waals surface area contributed by atoms with Crippen LogP contribution in [0.2, 0.25) is 0 Å². The van der Waals surface area contributed by atoms with Gasteiger partial charge in [-0.1, -0.05) is 42.1 Å². The summed E-state index contributed by atoms with van der Waals surface area (Å²) in [6, 6.07) is 9.92. The Balaban J connectivity index is 1.94. The van der Waals surface area contributed by atoms with E-state index in [1.54, 1.807) is 0 Å². The molecule has 0 radical (unpaired) electrons. The molecule has 0 aliphatic heterocycles. The number of thioether (sulfide) groups is 1. The van der Waals surface area contributed by atoms with Crippen LogP contribution in [-0.4, -0.2) is 27.9 Å². The van der Waals surface area contributed by atoms with E-state index >= 15 is 0 Å².